The lowest BCUT2D eigenvalue weighted by Crippen LogP contribution is -2.39. The van der Waals surface area contributed by atoms with E-state index in [4.69, 9.17) is 4.74 Å². The highest BCUT2D eigenvalue weighted by Crippen LogP contribution is 2.32. The Morgan fingerprint density at radius 3 is 2.65 bits per heavy atom. The van der Waals surface area contributed by atoms with E-state index in [-0.39, 0.29) is 16.9 Å². The predicted octanol–water partition coefficient (Wildman–Crippen LogP) is 0.757. The molecule has 0 aliphatic carbocycles. The van der Waals surface area contributed by atoms with E-state index < -0.39 is 15.4 Å². The summed E-state index contributed by atoms with van der Waals surface area (Å²) >= 11 is 0. The van der Waals surface area contributed by atoms with E-state index in [1.807, 2.05) is 0 Å². The minimum absolute atomic E-state index is 0.115. The van der Waals surface area contributed by atoms with Crippen LogP contribution in [0, 0.1) is 0 Å². The maximum atomic E-state index is 12.6. The van der Waals surface area contributed by atoms with Crippen molar-refractivity contribution in [2.75, 3.05) is 32.9 Å². The zero-order valence-electron chi connectivity index (χ0n) is 13.0. The van der Waals surface area contributed by atoms with Crippen LogP contribution in [0.4, 0.5) is 4.79 Å². The van der Waals surface area contributed by atoms with Gasteiger partial charge < -0.3 is 14.5 Å². The van der Waals surface area contributed by atoms with E-state index in [1.165, 1.54) is 17.0 Å². The van der Waals surface area contributed by atoms with Gasteiger partial charge in [0.05, 0.1) is 18.0 Å². The summed E-state index contributed by atoms with van der Waals surface area (Å²) in [7, 11) is -1.70. The van der Waals surface area contributed by atoms with Gasteiger partial charge in [0, 0.05) is 31.8 Å². The van der Waals surface area contributed by atoms with Gasteiger partial charge in [0.1, 0.15) is 0 Å². The fourth-order valence-electron chi connectivity index (χ4n) is 3.06. The number of carbonyl (C=O) groups is 2. The molecule has 0 saturated carbocycles. The summed E-state index contributed by atoms with van der Waals surface area (Å²) in [5.41, 5.74) is -0.321. The summed E-state index contributed by atoms with van der Waals surface area (Å²) < 4.78 is 28.6. The molecular weight excluding hydrogens is 320 g/mol. The van der Waals surface area contributed by atoms with Crippen molar-refractivity contribution in [1.29, 1.82) is 0 Å². The first-order chi connectivity index (χ1) is 10.7. The van der Waals surface area contributed by atoms with Gasteiger partial charge in [-0.05, 0) is 18.2 Å². The van der Waals surface area contributed by atoms with Gasteiger partial charge in [-0.3, -0.25) is 4.79 Å². The summed E-state index contributed by atoms with van der Waals surface area (Å²) in [6.07, 6.45) is 1.31. The highest BCUT2D eigenvalue weighted by Gasteiger charge is 2.49. The van der Waals surface area contributed by atoms with E-state index in [1.54, 1.807) is 24.1 Å². The number of benzene rings is 1. The first-order valence-corrected chi connectivity index (χ1v) is 9.13. The second-order valence-corrected chi connectivity index (χ2v) is 8.20. The normalized spacial score (nSPS) is 24.3. The molecular formula is C15H18N2O5S. The molecule has 124 valence electrons. The zero-order chi connectivity index (χ0) is 16.8. The predicted molar refractivity (Wildman–Crippen MR) is 81.9 cm³/mol. The highest BCUT2D eigenvalue weighted by molar-refractivity contribution is 7.90. The molecule has 0 aromatic heterocycles. The summed E-state index contributed by atoms with van der Waals surface area (Å²) in [4.78, 5) is 27.4. The smallest absolute Gasteiger partial charge is 0.410 e. The van der Waals surface area contributed by atoms with Crippen LogP contribution in [0.2, 0.25) is 0 Å². The summed E-state index contributed by atoms with van der Waals surface area (Å²) in [6, 6.07) is 5.99. The minimum atomic E-state index is -3.37. The molecule has 2 saturated heterocycles. The maximum Gasteiger partial charge on any atom is 0.410 e. The Labute approximate surface area is 134 Å². The molecule has 0 N–H and O–H groups in total. The second kappa shape index (κ2) is 5.23. The highest BCUT2D eigenvalue weighted by atomic mass is 32.2. The molecule has 1 atom stereocenters. The van der Waals surface area contributed by atoms with Gasteiger partial charge in [0.25, 0.3) is 5.91 Å². The lowest BCUT2D eigenvalue weighted by atomic mass is 10.0. The van der Waals surface area contributed by atoms with Gasteiger partial charge in [-0.1, -0.05) is 6.07 Å². The van der Waals surface area contributed by atoms with Gasteiger partial charge in [-0.15, -0.1) is 0 Å². The Hall–Kier alpha value is -2.09. The van der Waals surface area contributed by atoms with Crippen molar-refractivity contribution in [2.45, 2.75) is 16.9 Å². The van der Waals surface area contributed by atoms with Crippen LogP contribution in [0.25, 0.3) is 0 Å². The van der Waals surface area contributed by atoms with Crippen LogP contribution in [0.5, 0.6) is 0 Å². The molecule has 2 amide bonds. The zero-order valence-corrected chi connectivity index (χ0v) is 13.8. The molecule has 8 heteroatoms. The topological polar surface area (TPSA) is 84.0 Å². The molecule has 7 nitrogen and oxygen atoms in total. The van der Waals surface area contributed by atoms with Crippen molar-refractivity contribution in [2.24, 2.45) is 0 Å². The fourth-order valence-corrected chi connectivity index (χ4v) is 3.73. The third-order valence-electron chi connectivity index (χ3n) is 4.25. The van der Waals surface area contributed by atoms with Gasteiger partial charge in [0.2, 0.25) is 0 Å². The van der Waals surface area contributed by atoms with E-state index in [2.05, 4.69) is 0 Å². The maximum absolute atomic E-state index is 12.6. The number of carbonyl (C=O) groups excluding carboxylic acids is 2. The number of sulfone groups is 1. The first-order valence-electron chi connectivity index (χ1n) is 7.24. The molecule has 2 heterocycles. The second-order valence-electron chi connectivity index (χ2n) is 6.18. The van der Waals surface area contributed by atoms with Crippen LogP contribution in [0.1, 0.15) is 16.8 Å². The summed E-state index contributed by atoms with van der Waals surface area (Å²) in [6.45, 7) is 1.26. The molecule has 1 aromatic rings. The molecule has 3 rings (SSSR count). The molecule has 2 aliphatic rings. The average Bonchev–Trinajstić information content (AvgIpc) is 3.01. The van der Waals surface area contributed by atoms with E-state index in [0.717, 1.165) is 6.26 Å². The van der Waals surface area contributed by atoms with Gasteiger partial charge in [0.15, 0.2) is 15.4 Å². The third-order valence-corrected chi connectivity index (χ3v) is 5.36. The van der Waals surface area contributed by atoms with Gasteiger partial charge in [-0.25, -0.2) is 13.2 Å². The number of likely N-dealkylation sites (tertiary alicyclic amines) is 1. The lowest BCUT2D eigenvalue weighted by molar-refractivity contribution is 0.0553. The molecule has 0 unspecified atom stereocenters. The number of nitrogens with zero attached hydrogens (tertiary/aromatic N) is 2. The molecule has 1 aromatic carbocycles. The number of ether oxygens (including phenoxy) is 1. The molecule has 0 bridgehead atoms. The van der Waals surface area contributed by atoms with Gasteiger partial charge in [-0.2, -0.15) is 0 Å². The van der Waals surface area contributed by atoms with Crippen molar-refractivity contribution in [3.63, 3.8) is 0 Å². The van der Waals surface area contributed by atoms with Crippen LogP contribution in [-0.2, 0) is 14.6 Å². The van der Waals surface area contributed by atoms with Crippen molar-refractivity contribution >= 4 is 21.8 Å². The number of hydrogen-bond acceptors (Lipinski definition) is 5. The van der Waals surface area contributed by atoms with Crippen molar-refractivity contribution in [3.8, 4) is 0 Å². The Bertz CT molecular complexity index is 776. The van der Waals surface area contributed by atoms with Crippen LogP contribution in [-0.4, -0.2) is 68.8 Å². The monoisotopic (exact) mass is 338 g/mol. The van der Waals surface area contributed by atoms with Crippen molar-refractivity contribution in [3.05, 3.63) is 29.8 Å². The Morgan fingerprint density at radius 2 is 2.04 bits per heavy atom. The van der Waals surface area contributed by atoms with E-state index in [9.17, 15) is 18.0 Å². The van der Waals surface area contributed by atoms with E-state index >= 15 is 0 Å². The van der Waals surface area contributed by atoms with Crippen LogP contribution in [0.3, 0.4) is 0 Å². The number of likely N-dealkylation sites (N-methyl/N-ethyl adjacent to an activating group) is 1. The van der Waals surface area contributed by atoms with Crippen molar-refractivity contribution in [1.82, 2.24) is 9.80 Å². The van der Waals surface area contributed by atoms with Gasteiger partial charge >= 0.3 is 6.09 Å². The largest absolute Gasteiger partial charge is 0.439 e. The fraction of sp³-hybridized carbons (Fsp3) is 0.467. The van der Waals surface area contributed by atoms with Crippen molar-refractivity contribution < 1.29 is 22.7 Å². The first kappa shape index (κ1) is 15.8. The Morgan fingerprint density at radius 1 is 1.30 bits per heavy atom. The average molecular weight is 338 g/mol. The molecule has 1 spiro atoms. The molecule has 0 radical (unpaired) electrons. The number of rotatable bonds is 2. The molecule has 2 aliphatic heterocycles. The third kappa shape index (κ3) is 2.90. The van der Waals surface area contributed by atoms with Crippen LogP contribution >= 0.6 is 0 Å². The Balaban J connectivity index is 1.79. The summed E-state index contributed by atoms with van der Waals surface area (Å²) in [5.74, 6) is -0.252. The Kier molecular flexibility index (Phi) is 3.59. The SMILES string of the molecule is CN1C[C@]2(CCN(C(=O)c3cccc(S(C)(=O)=O)c3)C2)OC1=O. The van der Waals surface area contributed by atoms with Crippen LogP contribution < -0.4 is 0 Å². The number of amides is 2. The quantitative estimate of drug-likeness (QED) is 0.795. The molecule has 23 heavy (non-hydrogen) atoms. The summed E-state index contributed by atoms with van der Waals surface area (Å²) in [5, 5.41) is 0. The lowest BCUT2D eigenvalue weighted by Gasteiger charge is -2.22. The molecule has 2 fully saturated rings. The standard InChI is InChI=1S/C15H18N2O5S/c1-16-9-15(22-14(16)19)6-7-17(10-15)13(18)11-4-3-5-12(8-11)23(2,20)21/h3-5,8H,6-7,9-10H2,1-2H3/t15-/m0/s1. The number of hydrogen-bond donors (Lipinski definition) is 0. The minimum Gasteiger partial charge on any atom is -0.439 e. The van der Waals surface area contributed by atoms with E-state index in [0.29, 0.717) is 31.6 Å². The van der Waals surface area contributed by atoms with Crippen LogP contribution in [0.15, 0.2) is 29.2 Å².